The highest BCUT2D eigenvalue weighted by Gasteiger charge is 2.38. The van der Waals surface area contributed by atoms with Crippen molar-refractivity contribution in [2.24, 2.45) is 5.41 Å². The van der Waals surface area contributed by atoms with E-state index in [9.17, 15) is 4.39 Å². The highest BCUT2D eigenvalue weighted by Crippen LogP contribution is 2.39. The summed E-state index contributed by atoms with van der Waals surface area (Å²) >= 11 is 0. The average Bonchev–Trinajstić information content (AvgIpc) is 3.17. The van der Waals surface area contributed by atoms with E-state index in [1.54, 1.807) is 6.07 Å². The molecular weight excluding hydrogens is 291 g/mol. The van der Waals surface area contributed by atoms with Gasteiger partial charge in [-0.2, -0.15) is 5.10 Å². The van der Waals surface area contributed by atoms with Gasteiger partial charge in [0.25, 0.3) is 0 Å². The number of hydrogen-bond donors (Lipinski definition) is 2. The van der Waals surface area contributed by atoms with E-state index in [4.69, 9.17) is 0 Å². The first-order chi connectivity index (χ1) is 11.3. The number of halogens is 1. The molecule has 2 N–H and O–H groups in total. The van der Waals surface area contributed by atoms with Crippen molar-refractivity contribution >= 4 is 0 Å². The highest BCUT2D eigenvalue weighted by molar-refractivity contribution is 5.63. The van der Waals surface area contributed by atoms with Gasteiger partial charge in [0, 0.05) is 24.2 Å². The van der Waals surface area contributed by atoms with Gasteiger partial charge in [-0.15, -0.1) is 0 Å². The number of hydrogen-bond acceptors (Lipinski definition) is 3. The monoisotopic (exact) mass is 314 g/mol. The van der Waals surface area contributed by atoms with Crippen molar-refractivity contribution in [1.29, 1.82) is 0 Å². The highest BCUT2D eigenvalue weighted by atomic mass is 19.1. The Morgan fingerprint density at radius 3 is 2.83 bits per heavy atom. The van der Waals surface area contributed by atoms with E-state index in [2.05, 4.69) is 20.4 Å². The molecule has 2 aromatic rings. The van der Waals surface area contributed by atoms with Crippen molar-refractivity contribution in [3.8, 4) is 11.3 Å². The average molecular weight is 314 g/mol. The second-order valence-electron chi connectivity index (χ2n) is 6.96. The second kappa shape index (κ2) is 6.06. The van der Waals surface area contributed by atoms with Crippen LogP contribution in [0.2, 0.25) is 0 Å². The number of benzene rings is 1. The molecule has 5 heteroatoms. The number of likely N-dealkylation sites (tertiary alicyclic amines) is 1. The van der Waals surface area contributed by atoms with Gasteiger partial charge in [-0.05, 0) is 56.4 Å². The zero-order chi connectivity index (χ0) is 15.7. The minimum absolute atomic E-state index is 0.200. The molecule has 2 aliphatic heterocycles. The van der Waals surface area contributed by atoms with E-state index in [1.807, 2.05) is 18.3 Å². The molecule has 0 saturated carbocycles. The SMILES string of the molecule is Fc1ccccc1-c1[nH]ncc1CN1CCC2(CCNCC2)C1. The lowest BCUT2D eigenvalue weighted by Crippen LogP contribution is -2.38. The predicted molar refractivity (Wildman–Crippen MR) is 88.4 cm³/mol. The summed E-state index contributed by atoms with van der Waals surface area (Å²) in [7, 11) is 0. The van der Waals surface area contributed by atoms with E-state index in [0.29, 0.717) is 11.0 Å². The third-order valence-electron chi connectivity index (χ3n) is 5.44. The van der Waals surface area contributed by atoms with Gasteiger partial charge in [0.05, 0.1) is 11.9 Å². The van der Waals surface area contributed by atoms with Crippen LogP contribution in [0.4, 0.5) is 4.39 Å². The molecular formula is C18H23FN4. The standard InChI is InChI=1S/C18H23FN4/c19-16-4-2-1-3-15(16)17-14(11-21-22-17)12-23-10-7-18(13-23)5-8-20-9-6-18/h1-4,11,20H,5-10,12-13H2,(H,21,22). The van der Waals surface area contributed by atoms with Gasteiger partial charge in [-0.1, -0.05) is 12.1 Å². The predicted octanol–water partition coefficient (Wildman–Crippen LogP) is 2.79. The zero-order valence-electron chi connectivity index (χ0n) is 13.3. The summed E-state index contributed by atoms with van der Waals surface area (Å²) in [5.74, 6) is -0.200. The Bertz CT molecular complexity index is 675. The van der Waals surface area contributed by atoms with Crippen molar-refractivity contribution in [3.63, 3.8) is 0 Å². The molecule has 23 heavy (non-hydrogen) atoms. The molecule has 0 radical (unpaired) electrons. The lowest BCUT2D eigenvalue weighted by Gasteiger charge is -2.33. The third kappa shape index (κ3) is 2.91. The smallest absolute Gasteiger partial charge is 0.132 e. The molecule has 0 atom stereocenters. The van der Waals surface area contributed by atoms with Crippen LogP contribution >= 0.6 is 0 Å². The second-order valence-corrected chi connectivity index (χ2v) is 6.96. The summed E-state index contributed by atoms with van der Waals surface area (Å²) < 4.78 is 14.1. The summed E-state index contributed by atoms with van der Waals surface area (Å²) in [6, 6.07) is 6.89. The summed E-state index contributed by atoms with van der Waals surface area (Å²) in [5.41, 5.74) is 3.00. The molecule has 3 heterocycles. The summed E-state index contributed by atoms with van der Waals surface area (Å²) in [4.78, 5) is 2.50. The minimum atomic E-state index is -0.200. The lowest BCUT2D eigenvalue weighted by atomic mass is 9.78. The van der Waals surface area contributed by atoms with E-state index in [0.717, 1.165) is 44.0 Å². The minimum Gasteiger partial charge on any atom is -0.317 e. The molecule has 0 unspecified atom stereocenters. The molecule has 2 saturated heterocycles. The van der Waals surface area contributed by atoms with Gasteiger partial charge in [-0.25, -0.2) is 4.39 Å². The molecule has 1 aromatic carbocycles. The number of aromatic nitrogens is 2. The van der Waals surface area contributed by atoms with Gasteiger partial charge < -0.3 is 5.32 Å². The molecule has 0 amide bonds. The summed E-state index contributed by atoms with van der Waals surface area (Å²) in [6.45, 7) is 5.40. The normalized spacial score (nSPS) is 21.1. The molecule has 0 bridgehead atoms. The summed E-state index contributed by atoms with van der Waals surface area (Å²) in [6.07, 6.45) is 5.67. The topological polar surface area (TPSA) is 44.0 Å². The maximum atomic E-state index is 14.1. The molecule has 4 nitrogen and oxygen atoms in total. The Morgan fingerprint density at radius 1 is 1.17 bits per heavy atom. The summed E-state index contributed by atoms with van der Waals surface area (Å²) in [5, 5.41) is 10.6. The van der Waals surface area contributed by atoms with Crippen molar-refractivity contribution in [2.75, 3.05) is 26.2 Å². The first kappa shape index (κ1) is 14.8. The van der Waals surface area contributed by atoms with Crippen molar-refractivity contribution in [1.82, 2.24) is 20.4 Å². The Labute approximate surface area is 136 Å². The quantitative estimate of drug-likeness (QED) is 0.915. The van der Waals surface area contributed by atoms with Crippen molar-refractivity contribution in [3.05, 3.63) is 41.8 Å². The number of nitrogens with zero attached hydrogens (tertiary/aromatic N) is 2. The van der Waals surface area contributed by atoms with Crippen LogP contribution in [0.25, 0.3) is 11.3 Å². The zero-order valence-corrected chi connectivity index (χ0v) is 13.3. The fraction of sp³-hybridized carbons (Fsp3) is 0.500. The maximum absolute atomic E-state index is 14.1. The molecule has 2 fully saturated rings. The van der Waals surface area contributed by atoms with Gasteiger partial charge >= 0.3 is 0 Å². The number of aromatic amines is 1. The van der Waals surface area contributed by atoms with E-state index in [-0.39, 0.29) is 5.82 Å². The van der Waals surface area contributed by atoms with E-state index >= 15 is 0 Å². The van der Waals surface area contributed by atoms with Crippen LogP contribution in [0.15, 0.2) is 30.5 Å². The molecule has 1 spiro atoms. The third-order valence-corrected chi connectivity index (χ3v) is 5.44. The first-order valence-corrected chi connectivity index (χ1v) is 8.46. The van der Waals surface area contributed by atoms with Crippen LogP contribution in [0.1, 0.15) is 24.8 Å². The number of rotatable bonds is 3. The molecule has 0 aliphatic carbocycles. The first-order valence-electron chi connectivity index (χ1n) is 8.46. The van der Waals surface area contributed by atoms with Crippen LogP contribution in [-0.4, -0.2) is 41.3 Å². The maximum Gasteiger partial charge on any atom is 0.132 e. The molecule has 122 valence electrons. The molecule has 2 aliphatic rings. The fourth-order valence-electron chi connectivity index (χ4n) is 4.10. The largest absolute Gasteiger partial charge is 0.317 e. The lowest BCUT2D eigenvalue weighted by molar-refractivity contribution is 0.194. The van der Waals surface area contributed by atoms with Crippen LogP contribution < -0.4 is 5.32 Å². The Morgan fingerprint density at radius 2 is 2.00 bits per heavy atom. The van der Waals surface area contributed by atoms with E-state index < -0.39 is 0 Å². The van der Waals surface area contributed by atoms with Gasteiger partial charge in [-0.3, -0.25) is 10.00 Å². The number of piperidine rings is 1. The molecule has 1 aromatic heterocycles. The van der Waals surface area contributed by atoms with Gasteiger partial charge in [0.1, 0.15) is 5.82 Å². The van der Waals surface area contributed by atoms with Crippen molar-refractivity contribution in [2.45, 2.75) is 25.8 Å². The van der Waals surface area contributed by atoms with Gasteiger partial charge in [0.2, 0.25) is 0 Å². The van der Waals surface area contributed by atoms with Crippen LogP contribution in [0.5, 0.6) is 0 Å². The van der Waals surface area contributed by atoms with Crippen LogP contribution in [0, 0.1) is 11.2 Å². The Kier molecular flexibility index (Phi) is 3.91. The molecule has 4 rings (SSSR count). The Hall–Kier alpha value is -1.72. The van der Waals surface area contributed by atoms with Crippen LogP contribution in [0.3, 0.4) is 0 Å². The Balaban J connectivity index is 1.51. The van der Waals surface area contributed by atoms with Crippen molar-refractivity contribution < 1.29 is 4.39 Å². The number of H-pyrrole nitrogens is 1. The van der Waals surface area contributed by atoms with Crippen LogP contribution in [-0.2, 0) is 6.54 Å². The van der Waals surface area contributed by atoms with E-state index in [1.165, 1.54) is 25.3 Å². The fourth-order valence-corrected chi connectivity index (χ4v) is 4.10. The number of nitrogens with one attached hydrogen (secondary N) is 2. The van der Waals surface area contributed by atoms with Gasteiger partial charge in [0.15, 0.2) is 0 Å².